The van der Waals surface area contributed by atoms with Gasteiger partial charge in [0.15, 0.2) is 0 Å². The highest BCUT2D eigenvalue weighted by atomic mass is 32.2. The van der Waals surface area contributed by atoms with E-state index in [1.807, 2.05) is 5.32 Å². The maximum atomic E-state index is 11.1. The zero-order valence-corrected chi connectivity index (χ0v) is 11.0. The van der Waals surface area contributed by atoms with Crippen LogP contribution < -0.4 is 20.7 Å². The van der Waals surface area contributed by atoms with Crippen LogP contribution >= 0.6 is 0 Å². The third kappa shape index (κ3) is 9.79. The first kappa shape index (κ1) is 17.1. The second kappa shape index (κ2) is 8.26. The van der Waals surface area contributed by atoms with Crippen LogP contribution in [0.2, 0.25) is 0 Å². The molecule has 0 heterocycles. The van der Waals surface area contributed by atoms with Gasteiger partial charge in [0.1, 0.15) is 6.54 Å². The summed E-state index contributed by atoms with van der Waals surface area (Å²) in [5, 5.41) is 14.7. The van der Waals surface area contributed by atoms with E-state index >= 15 is 0 Å². The molecule has 19 heavy (non-hydrogen) atoms. The van der Waals surface area contributed by atoms with E-state index in [1.54, 1.807) is 0 Å². The van der Waals surface area contributed by atoms with Gasteiger partial charge in [-0.3, -0.25) is 9.59 Å². The number of carbonyl (C=O) groups excluding carboxylic acids is 2. The maximum Gasteiger partial charge on any atom is 0.322 e. The van der Waals surface area contributed by atoms with Gasteiger partial charge in [0, 0.05) is 6.54 Å². The van der Waals surface area contributed by atoms with Crippen LogP contribution in [0.3, 0.4) is 0 Å². The number of hydrogen-bond acceptors (Lipinski definition) is 5. The van der Waals surface area contributed by atoms with Crippen LogP contribution in [-0.2, 0) is 19.6 Å². The monoisotopic (exact) mass is 296 g/mol. The molecule has 0 aliphatic heterocycles. The average Bonchev–Trinajstić information content (AvgIpc) is 2.33. The number of aliphatic carboxylic acids is 1. The van der Waals surface area contributed by atoms with E-state index in [4.69, 9.17) is 5.11 Å². The Bertz CT molecular complexity index is 435. The lowest BCUT2D eigenvalue weighted by Crippen LogP contribution is -2.44. The van der Waals surface area contributed by atoms with Crippen LogP contribution in [0.15, 0.2) is 0 Å². The average molecular weight is 296 g/mol. The molecule has 0 radical (unpaired) electrons. The Morgan fingerprint density at radius 3 is 2.21 bits per heavy atom. The first-order chi connectivity index (χ1) is 8.76. The molecule has 5 N–H and O–H groups in total. The van der Waals surface area contributed by atoms with Crippen molar-refractivity contribution in [1.29, 1.82) is 0 Å². The number of carbonyl (C=O) groups is 3. The summed E-state index contributed by atoms with van der Waals surface area (Å²) in [5.74, 6) is -2.15. The largest absolute Gasteiger partial charge is 0.480 e. The second-order valence-electron chi connectivity index (χ2n) is 3.30. The predicted octanol–water partition coefficient (Wildman–Crippen LogP) is -2.96. The molecule has 0 spiro atoms. The molecule has 110 valence electrons. The molecule has 0 aromatic carbocycles. The smallest absolute Gasteiger partial charge is 0.322 e. The molecular weight excluding hydrogens is 280 g/mol. The molecule has 0 atom stereocenters. The molecule has 0 aromatic heterocycles. The molecule has 0 rings (SSSR count). The molecule has 10 nitrogen and oxygen atoms in total. The molecule has 11 heteroatoms. The highest BCUT2D eigenvalue weighted by Crippen LogP contribution is 1.79. The normalized spacial score (nSPS) is 10.6. The first-order valence-electron chi connectivity index (χ1n) is 5.18. The quantitative estimate of drug-likeness (QED) is 0.322. The molecule has 0 aliphatic carbocycles. The summed E-state index contributed by atoms with van der Waals surface area (Å²) in [6, 6.07) is -0.725. The molecule has 0 saturated heterocycles. The highest BCUT2D eigenvalue weighted by Gasteiger charge is 2.09. The molecule has 0 aromatic rings. The first-order valence-corrected chi connectivity index (χ1v) is 6.83. The Labute approximate surface area is 110 Å². The number of carboxylic acids is 1. The van der Waals surface area contributed by atoms with Gasteiger partial charge in [-0.2, -0.15) is 0 Å². The second-order valence-corrected chi connectivity index (χ2v) is 5.35. The van der Waals surface area contributed by atoms with E-state index in [2.05, 4.69) is 15.4 Å². The van der Waals surface area contributed by atoms with Crippen LogP contribution in [0.1, 0.15) is 0 Å². The fourth-order valence-electron chi connectivity index (χ4n) is 0.861. The van der Waals surface area contributed by atoms with Gasteiger partial charge in [0.25, 0.3) is 0 Å². The zero-order valence-electron chi connectivity index (χ0n) is 10.2. The van der Waals surface area contributed by atoms with Crippen molar-refractivity contribution in [3.05, 3.63) is 0 Å². The Kier molecular flexibility index (Phi) is 7.44. The highest BCUT2D eigenvalue weighted by molar-refractivity contribution is 7.89. The molecule has 0 fully saturated rings. The molecule has 0 aliphatic rings. The lowest BCUT2D eigenvalue weighted by atomic mass is 10.5. The molecule has 0 saturated carbocycles. The van der Waals surface area contributed by atoms with Gasteiger partial charge in [0.2, 0.25) is 15.9 Å². The SMILES string of the molecule is CNS(=O)(=O)CCNC(=O)NCC(=O)NCC(=O)O. The van der Waals surface area contributed by atoms with E-state index in [-0.39, 0.29) is 12.3 Å². The number of carboxylic acid groups (broad SMARTS) is 1. The van der Waals surface area contributed by atoms with E-state index in [0.717, 1.165) is 0 Å². The minimum atomic E-state index is -3.40. The number of amides is 3. The molecule has 3 amide bonds. The van der Waals surface area contributed by atoms with Crippen LogP contribution in [-0.4, -0.2) is 63.9 Å². The fraction of sp³-hybridized carbons (Fsp3) is 0.625. The summed E-state index contributed by atoms with van der Waals surface area (Å²) < 4.78 is 24.1. The van der Waals surface area contributed by atoms with Crippen molar-refractivity contribution in [2.75, 3.05) is 32.4 Å². The Morgan fingerprint density at radius 1 is 1.05 bits per heavy atom. The molecule has 0 bridgehead atoms. The number of hydrogen-bond donors (Lipinski definition) is 5. The minimum Gasteiger partial charge on any atom is -0.480 e. The van der Waals surface area contributed by atoms with Gasteiger partial charge < -0.3 is 21.1 Å². The van der Waals surface area contributed by atoms with Crippen molar-refractivity contribution in [1.82, 2.24) is 20.7 Å². The number of nitrogens with one attached hydrogen (secondary N) is 4. The van der Waals surface area contributed by atoms with E-state index in [9.17, 15) is 22.8 Å². The molecular formula is C8H16N4O6S. The number of urea groups is 1. The number of rotatable bonds is 8. The van der Waals surface area contributed by atoms with Gasteiger partial charge >= 0.3 is 12.0 Å². The summed E-state index contributed by atoms with van der Waals surface area (Å²) in [7, 11) is -2.15. The van der Waals surface area contributed by atoms with Crippen molar-refractivity contribution in [3.8, 4) is 0 Å². The van der Waals surface area contributed by atoms with Crippen LogP contribution in [0.5, 0.6) is 0 Å². The van der Waals surface area contributed by atoms with E-state index in [1.165, 1.54) is 7.05 Å². The Hall–Kier alpha value is -1.88. The fourth-order valence-corrected chi connectivity index (χ4v) is 1.44. The Morgan fingerprint density at radius 2 is 1.68 bits per heavy atom. The lowest BCUT2D eigenvalue weighted by Gasteiger charge is -2.07. The summed E-state index contributed by atoms with van der Waals surface area (Å²) in [4.78, 5) is 32.3. The summed E-state index contributed by atoms with van der Waals surface area (Å²) in [6.07, 6.45) is 0. The lowest BCUT2D eigenvalue weighted by molar-refractivity contribution is -0.137. The third-order valence-corrected chi connectivity index (χ3v) is 3.18. The topological polar surface area (TPSA) is 154 Å². The Balaban J connectivity index is 3.76. The van der Waals surface area contributed by atoms with E-state index in [0.29, 0.717) is 0 Å². The van der Waals surface area contributed by atoms with Gasteiger partial charge in [-0.15, -0.1) is 0 Å². The van der Waals surface area contributed by atoms with Crippen molar-refractivity contribution >= 4 is 27.9 Å². The van der Waals surface area contributed by atoms with E-state index < -0.39 is 41.0 Å². The minimum absolute atomic E-state index is 0.119. The van der Waals surface area contributed by atoms with Gasteiger partial charge in [-0.1, -0.05) is 0 Å². The zero-order chi connectivity index (χ0) is 14.9. The van der Waals surface area contributed by atoms with Gasteiger partial charge in [-0.25, -0.2) is 17.9 Å². The van der Waals surface area contributed by atoms with Crippen molar-refractivity contribution in [3.63, 3.8) is 0 Å². The molecule has 0 unspecified atom stereocenters. The summed E-state index contributed by atoms with van der Waals surface area (Å²) >= 11 is 0. The van der Waals surface area contributed by atoms with Crippen molar-refractivity contribution in [2.45, 2.75) is 0 Å². The van der Waals surface area contributed by atoms with Gasteiger partial charge in [-0.05, 0) is 7.05 Å². The van der Waals surface area contributed by atoms with Crippen molar-refractivity contribution in [2.24, 2.45) is 0 Å². The standard InChI is InChI=1S/C8H16N4O6S/c1-9-19(17,18)3-2-10-8(16)12-4-6(13)11-5-7(14)15/h9H,2-5H2,1H3,(H,11,13)(H,14,15)(H2,10,12,16). The van der Waals surface area contributed by atoms with Crippen LogP contribution in [0.25, 0.3) is 0 Å². The third-order valence-electron chi connectivity index (χ3n) is 1.81. The maximum absolute atomic E-state index is 11.1. The summed E-state index contributed by atoms with van der Waals surface area (Å²) in [6.45, 7) is -1.06. The van der Waals surface area contributed by atoms with Crippen LogP contribution in [0, 0.1) is 0 Å². The predicted molar refractivity (Wildman–Crippen MR) is 64.9 cm³/mol. The van der Waals surface area contributed by atoms with Crippen molar-refractivity contribution < 1.29 is 27.9 Å². The number of sulfonamides is 1. The summed E-state index contributed by atoms with van der Waals surface area (Å²) in [5.41, 5.74) is 0. The van der Waals surface area contributed by atoms with Gasteiger partial charge in [0.05, 0.1) is 12.3 Å². The van der Waals surface area contributed by atoms with Crippen LogP contribution in [0.4, 0.5) is 4.79 Å².